The van der Waals surface area contributed by atoms with Crippen molar-refractivity contribution in [1.29, 1.82) is 0 Å². The molecule has 3 aromatic rings. The zero-order valence-electron chi connectivity index (χ0n) is 18.0. The molecule has 3 heterocycles. The Bertz CT molecular complexity index is 971. The monoisotopic (exact) mass is 392 g/mol. The molecule has 1 fully saturated rings. The van der Waals surface area contributed by atoms with Crippen molar-refractivity contribution in [1.82, 2.24) is 25.3 Å². The molecule has 1 aliphatic heterocycles. The van der Waals surface area contributed by atoms with Gasteiger partial charge in [0.1, 0.15) is 17.5 Å². The standard InChI is InChI=1S/C23H32N6/c1-5-6-18-14-24-17(4)26-23(18)29-11-9-19(10-12-29)25-16(3)22-27-20-8-7-15(2)13-21(20)28-22/h7-8,13-14,16,19,25H,5-6,9-12H2,1-4H3,(H,27,28)/t16-/m0/s1. The van der Waals surface area contributed by atoms with Gasteiger partial charge >= 0.3 is 0 Å². The molecule has 1 saturated heterocycles. The van der Waals surface area contributed by atoms with E-state index in [2.05, 4.69) is 59.2 Å². The Hall–Kier alpha value is -2.47. The van der Waals surface area contributed by atoms with Crippen LogP contribution in [0.5, 0.6) is 0 Å². The number of nitrogens with zero attached hydrogens (tertiary/aromatic N) is 4. The summed E-state index contributed by atoms with van der Waals surface area (Å²) >= 11 is 0. The molecular formula is C23H32N6. The maximum atomic E-state index is 4.78. The van der Waals surface area contributed by atoms with Crippen molar-refractivity contribution in [3.8, 4) is 0 Å². The fraction of sp³-hybridized carbons (Fsp3) is 0.522. The van der Waals surface area contributed by atoms with Crippen LogP contribution in [-0.2, 0) is 6.42 Å². The highest BCUT2D eigenvalue weighted by molar-refractivity contribution is 5.75. The van der Waals surface area contributed by atoms with Crippen molar-refractivity contribution in [3.05, 3.63) is 47.2 Å². The molecule has 2 aromatic heterocycles. The second-order valence-electron chi connectivity index (χ2n) is 8.31. The maximum absolute atomic E-state index is 4.78. The van der Waals surface area contributed by atoms with Gasteiger partial charge in [0, 0.05) is 30.9 Å². The number of hydrogen-bond acceptors (Lipinski definition) is 5. The molecule has 1 atom stereocenters. The van der Waals surface area contributed by atoms with Gasteiger partial charge in [0.2, 0.25) is 0 Å². The van der Waals surface area contributed by atoms with E-state index in [-0.39, 0.29) is 6.04 Å². The molecule has 0 spiro atoms. The summed E-state index contributed by atoms with van der Waals surface area (Å²) in [7, 11) is 0. The molecule has 0 radical (unpaired) electrons. The van der Waals surface area contributed by atoms with Crippen LogP contribution in [-0.4, -0.2) is 39.1 Å². The van der Waals surface area contributed by atoms with Gasteiger partial charge in [0.05, 0.1) is 17.1 Å². The molecule has 0 unspecified atom stereocenters. The second kappa shape index (κ2) is 8.49. The summed E-state index contributed by atoms with van der Waals surface area (Å²) in [4.78, 5) is 19.9. The maximum Gasteiger partial charge on any atom is 0.135 e. The van der Waals surface area contributed by atoms with Gasteiger partial charge < -0.3 is 15.2 Å². The minimum atomic E-state index is 0.205. The largest absolute Gasteiger partial charge is 0.356 e. The molecule has 1 aromatic carbocycles. The third kappa shape index (κ3) is 4.42. The van der Waals surface area contributed by atoms with Gasteiger partial charge in [-0.15, -0.1) is 0 Å². The smallest absolute Gasteiger partial charge is 0.135 e. The number of rotatable bonds is 6. The third-order valence-electron chi connectivity index (χ3n) is 5.83. The van der Waals surface area contributed by atoms with Crippen molar-refractivity contribution in [2.45, 2.75) is 65.5 Å². The Kier molecular flexibility index (Phi) is 5.81. The van der Waals surface area contributed by atoms with Crippen molar-refractivity contribution >= 4 is 16.9 Å². The van der Waals surface area contributed by atoms with E-state index < -0.39 is 0 Å². The predicted molar refractivity (Wildman–Crippen MR) is 118 cm³/mol. The van der Waals surface area contributed by atoms with E-state index in [1.54, 1.807) is 0 Å². The Balaban J connectivity index is 1.39. The van der Waals surface area contributed by atoms with Crippen LogP contribution in [0.3, 0.4) is 0 Å². The van der Waals surface area contributed by atoms with Crippen LogP contribution in [0.25, 0.3) is 11.0 Å². The van der Waals surface area contributed by atoms with E-state index in [9.17, 15) is 0 Å². The summed E-state index contributed by atoms with van der Waals surface area (Å²) in [6.07, 6.45) is 6.38. The molecule has 6 heteroatoms. The highest BCUT2D eigenvalue weighted by atomic mass is 15.2. The molecular weight excluding hydrogens is 360 g/mol. The van der Waals surface area contributed by atoms with E-state index in [1.165, 1.54) is 11.1 Å². The number of benzene rings is 1. The Morgan fingerprint density at radius 2 is 2.00 bits per heavy atom. The van der Waals surface area contributed by atoms with Crippen molar-refractivity contribution in [2.24, 2.45) is 0 Å². The van der Waals surface area contributed by atoms with Gasteiger partial charge in [-0.25, -0.2) is 15.0 Å². The summed E-state index contributed by atoms with van der Waals surface area (Å²) < 4.78 is 0. The van der Waals surface area contributed by atoms with Crippen LogP contribution in [0.4, 0.5) is 5.82 Å². The van der Waals surface area contributed by atoms with E-state index in [4.69, 9.17) is 9.97 Å². The first-order valence-electron chi connectivity index (χ1n) is 10.8. The number of aromatic nitrogens is 4. The van der Waals surface area contributed by atoms with Crippen LogP contribution < -0.4 is 10.2 Å². The van der Waals surface area contributed by atoms with Crippen LogP contribution in [0.15, 0.2) is 24.4 Å². The summed E-state index contributed by atoms with van der Waals surface area (Å²) in [5.74, 6) is 3.01. The summed E-state index contributed by atoms with van der Waals surface area (Å²) in [6, 6.07) is 7.06. The SMILES string of the molecule is CCCc1cnc(C)nc1N1CCC(N[C@@H](C)c2nc3ccc(C)cc3[nH]2)CC1. The second-order valence-corrected chi connectivity index (χ2v) is 8.31. The Labute approximate surface area is 173 Å². The van der Waals surface area contributed by atoms with Gasteiger partial charge in [0.15, 0.2) is 0 Å². The number of aromatic amines is 1. The molecule has 0 bridgehead atoms. The fourth-order valence-corrected chi connectivity index (χ4v) is 4.24. The molecule has 154 valence electrons. The van der Waals surface area contributed by atoms with Gasteiger partial charge in [-0.2, -0.15) is 0 Å². The topological polar surface area (TPSA) is 69.7 Å². The summed E-state index contributed by atoms with van der Waals surface area (Å²) in [5.41, 5.74) is 4.68. The van der Waals surface area contributed by atoms with Gasteiger partial charge in [-0.1, -0.05) is 19.4 Å². The third-order valence-corrected chi connectivity index (χ3v) is 5.83. The quantitative estimate of drug-likeness (QED) is 0.656. The summed E-state index contributed by atoms with van der Waals surface area (Å²) in [6.45, 7) is 10.5. The fourth-order valence-electron chi connectivity index (χ4n) is 4.24. The first-order chi connectivity index (χ1) is 14.0. The molecule has 6 nitrogen and oxygen atoms in total. The van der Waals surface area contributed by atoms with Crippen molar-refractivity contribution in [2.75, 3.05) is 18.0 Å². The number of imidazole rings is 1. The molecule has 1 aliphatic rings. The molecule has 4 rings (SSSR count). The van der Waals surface area contributed by atoms with Crippen molar-refractivity contribution in [3.63, 3.8) is 0 Å². The highest BCUT2D eigenvalue weighted by Gasteiger charge is 2.24. The Morgan fingerprint density at radius 1 is 1.21 bits per heavy atom. The lowest BCUT2D eigenvalue weighted by atomic mass is 10.0. The minimum Gasteiger partial charge on any atom is -0.356 e. The van der Waals surface area contributed by atoms with Crippen LogP contribution in [0.1, 0.15) is 61.9 Å². The van der Waals surface area contributed by atoms with E-state index in [0.29, 0.717) is 6.04 Å². The van der Waals surface area contributed by atoms with E-state index in [0.717, 1.165) is 67.3 Å². The van der Waals surface area contributed by atoms with Gasteiger partial charge in [-0.3, -0.25) is 0 Å². The number of fused-ring (bicyclic) bond motifs is 1. The average molecular weight is 393 g/mol. The van der Waals surface area contributed by atoms with Crippen molar-refractivity contribution < 1.29 is 0 Å². The number of anilines is 1. The molecule has 0 aliphatic carbocycles. The number of aryl methyl sites for hydroxylation is 3. The Morgan fingerprint density at radius 3 is 2.76 bits per heavy atom. The first-order valence-corrected chi connectivity index (χ1v) is 10.8. The van der Waals surface area contributed by atoms with E-state index in [1.807, 2.05) is 13.1 Å². The predicted octanol–water partition coefficient (Wildman–Crippen LogP) is 4.24. The molecule has 29 heavy (non-hydrogen) atoms. The number of H-pyrrole nitrogens is 1. The first kappa shape index (κ1) is 19.8. The van der Waals surface area contributed by atoms with Crippen LogP contribution in [0.2, 0.25) is 0 Å². The number of nitrogens with one attached hydrogen (secondary N) is 2. The number of hydrogen-bond donors (Lipinski definition) is 2. The lowest BCUT2D eigenvalue weighted by Crippen LogP contribution is -2.44. The number of piperidine rings is 1. The minimum absolute atomic E-state index is 0.205. The van der Waals surface area contributed by atoms with Crippen LogP contribution in [0, 0.1) is 13.8 Å². The van der Waals surface area contributed by atoms with E-state index >= 15 is 0 Å². The normalized spacial score (nSPS) is 16.5. The lowest BCUT2D eigenvalue weighted by Gasteiger charge is -2.35. The molecule has 0 amide bonds. The lowest BCUT2D eigenvalue weighted by molar-refractivity contribution is 0.374. The zero-order valence-corrected chi connectivity index (χ0v) is 18.0. The highest BCUT2D eigenvalue weighted by Crippen LogP contribution is 2.24. The molecule has 0 saturated carbocycles. The van der Waals surface area contributed by atoms with Gasteiger partial charge in [0.25, 0.3) is 0 Å². The van der Waals surface area contributed by atoms with Crippen LogP contribution >= 0.6 is 0 Å². The molecule has 2 N–H and O–H groups in total. The zero-order chi connectivity index (χ0) is 20.4. The van der Waals surface area contributed by atoms with Gasteiger partial charge in [-0.05, 0) is 57.7 Å². The average Bonchev–Trinajstić information content (AvgIpc) is 3.13. The summed E-state index contributed by atoms with van der Waals surface area (Å²) in [5, 5.41) is 3.78.